The summed E-state index contributed by atoms with van der Waals surface area (Å²) in [6.07, 6.45) is 0.620. The Labute approximate surface area is 138 Å². The van der Waals surface area contributed by atoms with Crippen LogP contribution in [-0.2, 0) is 9.53 Å². The number of benzene rings is 1. The van der Waals surface area contributed by atoms with Gasteiger partial charge in [-0.2, -0.15) is 5.26 Å². The molecule has 1 N–H and O–H groups in total. The van der Waals surface area contributed by atoms with Crippen LogP contribution in [0.4, 0.5) is 5.69 Å². The van der Waals surface area contributed by atoms with Crippen molar-refractivity contribution in [3.63, 3.8) is 0 Å². The molecule has 1 aromatic carbocycles. The monoisotopic (exact) mass is 318 g/mol. The first kappa shape index (κ1) is 19.0. The van der Waals surface area contributed by atoms with Gasteiger partial charge in [0.05, 0.1) is 12.2 Å². The van der Waals surface area contributed by atoms with Gasteiger partial charge in [0.2, 0.25) is 0 Å². The average molecular weight is 318 g/mol. The van der Waals surface area contributed by atoms with Gasteiger partial charge in [-0.3, -0.25) is 4.79 Å². The summed E-state index contributed by atoms with van der Waals surface area (Å²) < 4.78 is 11.1. The van der Waals surface area contributed by atoms with Gasteiger partial charge in [-0.25, -0.2) is 0 Å². The van der Waals surface area contributed by atoms with Gasteiger partial charge < -0.3 is 14.8 Å². The van der Waals surface area contributed by atoms with Crippen LogP contribution in [0.15, 0.2) is 18.2 Å². The zero-order chi connectivity index (χ0) is 17.5. The van der Waals surface area contributed by atoms with Crippen LogP contribution in [0.1, 0.15) is 46.6 Å². The highest BCUT2D eigenvalue weighted by Crippen LogP contribution is 2.26. The van der Waals surface area contributed by atoms with Crippen molar-refractivity contribution in [3.8, 4) is 11.8 Å². The van der Waals surface area contributed by atoms with Crippen LogP contribution >= 0.6 is 0 Å². The van der Waals surface area contributed by atoms with E-state index in [2.05, 4.69) is 25.2 Å². The number of carbonyl (C=O) groups excluding carboxylic acids is 1. The van der Waals surface area contributed by atoms with E-state index in [1.165, 1.54) is 0 Å². The first-order valence-electron chi connectivity index (χ1n) is 7.98. The van der Waals surface area contributed by atoms with Gasteiger partial charge in [0, 0.05) is 12.3 Å². The number of nitriles is 1. The highest BCUT2D eigenvalue weighted by molar-refractivity contribution is 5.97. The molecule has 5 nitrogen and oxygen atoms in total. The Kier molecular flexibility index (Phi) is 7.05. The average Bonchev–Trinajstić information content (AvgIpc) is 2.48. The molecule has 0 aliphatic heterocycles. The van der Waals surface area contributed by atoms with Crippen molar-refractivity contribution in [3.05, 3.63) is 23.8 Å². The van der Waals surface area contributed by atoms with Crippen molar-refractivity contribution in [1.29, 1.82) is 5.26 Å². The fourth-order valence-electron chi connectivity index (χ4n) is 2.55. The van der Waals surface area contributed by atoms with Crippen LogP contribution in [0.3, 0.4) is 0 Å². The van der Waals surface area contributed by atoms with Crippen molar-refractivity contribution in [1.82, 2.24) is 0 Å². The molecule has 0 bridgehead atoms. The lowest BCUT2D eigenvalue weighted by molar-refractivity contribution is -0.140. The third kappa shape index (κ3) is 5.26. The maximum Gasteiger partial charge on any atom is 0.256 e. The van der Waals surface area contributed by atoms with Crippen LogP contribution < -0.4 is 10.1 Å². The van der Waals surface area contributed by atoms with Crippen molar-refractivity contribution < 1.29 is 14.3 Å². The van der Waals surface area contributed by atoms with E-state index in [0.29, 0.717) is 42.6 Å². The highest BCUT2D eigenvalue weighted by Gasteiger charge is 2.34. The molecule has 0 aliphatic carbocycles. The number of carbonyl (C=O) groups is 1. The van der Waals surface area contributed by atoms with Crippen LogP contribution in [0.25, 0.3) is 0 Å². The number of anilines is 1. The summed E-state index contributed by atoms with van der Waals surface area (Å²) in [6.45, 7) is 10.6. The molecule has 126 valence electrons. The van der Waals surface area contributed by atoms with E-state index in [1.807, 2.05) is 13.8 Å². The Bertz CT molecular complexity index is 578. The molecule has 0 unspecified atom stereocenters. The fraction of sp³-hybridized carbons (Fsp3) is 0.556. The van der Waals surface area contributed by atoms with E-state index in [4.69, 9.17) is 9.47 Å². The van der Waals surface area contributed by atoms with E-state index in [9.17, 15) is 10.1 Å². The number of ether oxygens (including phenoxy) is 2. The topological polar surface area (TPSA) is 71.3 Å². The van der Waals surface area contributed by atoms with Gasteiger partial charge in [-0.1, -0.05) is 13.8 Å². The molecular formula is C18H26N2O3. The lowest BCUT2D eigenvalue weighted by atomic mass is 9.93. The number of nitrogens with one attached hydrogen (secondary N) is 1. The summed E-state index contributed by atoms with van der Waals surface area (Å²) in [4.78, 5) is 12.6. The molecule has 0 aromatic heterocycles. The van der Waals surface area contributed by atoms with E-state index in [0.717, 1.165) is 0 Å². The van der Waals surface area contributed by atoms with Gasteiger partial charge in [0.1, 0.15) is 17.4 Å². The third-order valence-electron chi connectivity index (χ3n) is 3.40. The number of nitrogens with zero attached hydrogens (tertiary/aromatic N) is 1. The smallest absolute Gasteiger partial charge is 0.256 e. The van der Waals surface area contributed by atoms with Crippen LogP contribution in [0, 0.1) is 17.2 Å². The molecule has 23 heavy (non-hydrogen) atoms. The predicted molar refractivity (Wildman–Crippen MR) is 90.4 cm³/mol. The molecule has 0 radical (unpaired) electrons. The van der Waals surface area contributed by atoms with E-state index >= 15 is 0 Å². The molecule has 0 saturated carbocycles. The summed E-state index contributed by atoms with van der Waals surface area (Å²) in [5.41, 5.74) is 0.0604. The third-order valence-corrected chi connectivity index (χ3v) is 3.40. The standard InChI is InChI=1S/C18H26N2O3/c1-6-22-16-9-8-15(10-14(16)12-19)20-17(21)18(5,23-7-2)11-13(3)4/h8-10,13H,6-7,11H2,1-5H3,(H,20,21)/t18-/m1/s1. The number of hydrogen-bond acceptors (Lipinski definition) is 4. The second kappa shape index (κ2) is 8.54. The number of hydrogen-bond donors (Lipinski definition) is 1. The van der Waals surface area contributed by atoms with Crippen molar-refractivity contribution in [2.45, 2.75) is 46.6 Å². The molecule has 5 heteroatoms. The van der Waals surface area contributed by atoms with Crippen molar-refractivity contribution in [2.24, 2.45) is 5.92 Å². The zero-order valence-electron chi connectivity index (χ0n) is 14.6. The SMILES string of the molecule is CCOc1ccc(NC(=O)[C@@](C)(CC(C)C)OCC)cc1C#N. The van der Waals surface area contributed by atoms with E-state index < -0.39 is 5.60 Å². The summed E-state index contributed by atoms with van der Waals surface area (Å²) >= 11 is 0. The van der Waals surface area contributed by atoms with Gasteiger partial charge in [-0.15, -0.1) is 0 Å². The molecule has 1 rings (SSSR count). The highest BCUT2D eigenvalue weighted by atomic mass is 16.5. The quantitative estimate of drug-likeness (QED) is 0.792. The van der Waals surface area contributed by atoms with Gasteiger partial charge >= 0.3 is 0 Å². The van der Waals surface area contributed by atoms with Crippen molar-refractivity contribution in [2.75, 3.05) is 18.5 Å². The lowest BCUT2D eigenvalue weighted by Crippen LogP contribution is -2.44. The second-order valence-electron chi connectivity index (χ2n) is 5.97. The Balaban J connectivity index is 2.96. The minimum atomic E-state index is -0.895. The molecule has 0 fully saturated rings. The predicted octanol–water partition coefficient (Wildman–Crippen LogP) is 3.74. The van der Waals surface area contributed by atoms with Crippen molar-refractivity contribution >= 4 is 11.6 Å². The summed E-state index contributed by atoms with van der Waals surface area (Å²) in [5, 5.41) is 12.0. The molecule has 1 amide bonds. The lowest BCUT2D eigenvalue weighted by Gasteiger charge is -2.30. The summed E-state index contributed by atoms with van der Waals surface area (Å²) in [7, 11) is 0. The number of rotatable bonds is 8. The summed E-state index contributed by atoms with van der Waals surface area (Å²) in [6, 6.07) is 7.12. The van der Waals surface area contributed by atoms with Gasteiger partial charge in [0.15, 0.2) is 0 Å². The largest absolute Gasteiger partial charge is 0.492 e. The first-order chi connectivity index (χ1) is 10.9. The Morgan fingerprint density at radius 3 is 2.57 bits per heavy atom. The maximum absolute atomic E-state index is 12.6. The molecule has 0 spiro atoms. The fourth-order valence-corrected chi connectivity index (χ4v) is 2.55. The summed E-state index contributed by atoms with van der Waals surface area (Å²) in [5.74, 6) is 0.635. The van der Waals surface area contributed by atoms with E-state index in [-0.39, 0.29) is 5.91 Å². The molecule has 1 atom stereocenters. The molecule has 0 heterocycles. The Morgan fingerprint density at radius 1 is 1.35 bits per heavy atom. The van der Waals surface area contributed by atoms with Gasteiger partial charge in [-0.05, 0) is 51.3 Å². The Hall–Kier alpha value is -2.06. The van der Waals surface area contributed by atoms with Crippen LogP contribution in [0.2, 0.25) is 0 Å². The minimum absolute atomic E-state index is 0.207. The zero-order valence-corrected chi connectivity index (χ0v) is 14.6. The first-order valence-corrected chi connectivity index (χ1v) is 7.98. The molecule has 0 saturated heterocycles. The van der Waals surface area contributed by atoms with Crippen LogP contribution in [-0.4, -0.2) is 24.7 Å². The normalized spacial score (nSPS) is 13.3. The molecule has 0 aliphatic rings. The molecule has 1 aromatic rings. The molecular weight excluding hydrogens is 292 g/mol. The van der Waals surface area contributed by atoms with Gasteiger partial charge in [0.25, 0.3) is 5.91 Å². The Morgan fingerprint density at radius 2 is 2.04 bits per heavy atom. The minimum Gasteiger partial charge on any atom is -0.492 e. The van der Waals surface area contributed by atoms with E-state index in [1.54, 1.807) is 25.1 Å². The second-order valence-corrected chi connectivity index (χ2v) is 5.97. The van der Waals surface area contributed by atoms with Crippen LogP contribution in [0.5, 0.6) is 5.75 Å². The number of amides is 1. The maximum atomic E-state index is 12.6.